The van der Waals surface area contributed by atoms with E-state index in [-0.39, 0.29) is 12.5 Å². The number of hydrogen-bond donors (Lipinski definition) is 3. The SMILES string of the molecule is CCNc1nc(CC)nc(NCC(C)CO)c1C. The van der Waals surface area contributed by atoms with Crippen LogP contribution in [0.3, 0.4) is 0 Å². The van der Waals surface area contributed by atoms with Crippen LogP contribution in [-0.4, -0.2) is 34.8 Å². The Morgan fingerprint density at radius 1 is 1.17 bits per heavy atom. The smallest absolute Gasteiger partial charge is 0.134 e. The maximum Gasteiger partial charge on any atom is 0.134 e. The number of hydrogen-bond acceptors (Lipinski definition) is 5. The van der Waals surface area contributed by atoms with E-state index in [1.165, 1.54) is 0 Å². The molecule has 0 aromatic carbocycles. The third-order valence-electron chi connectivity index (χ3n) is 2.78. The van der Waals surface area contributed by atoms with Gasteiger partial charge in [0.2, 0.25) is 0 Å². The van der Waals surface area contributed by atoms with Crippen LogP contribution in [0.15, 0.2) is 0 Å². The lowest BCUT2D eigenvalue weighted by atomic mass is 10.2. The predicted octanol–water partition coefficient (Wildman–Crippen LogP) is 1.82. The van der Waals surface area contributed by atoms with Gasteiger partial charge in [-0.25, -0.2) is 9.97 Å². The summed E-state index contributed by atoms with van der Waals surface area (Å²) < 4.78 is 0. The molecule has 3 N–H and O–H groups in total. The molecule has 0 aliphatic heterocycles. The van der Waals surface area contributed by atoms with Crippen LogP contribution in [0.1, 0.15) is 32.2 Å². The summed E-state index contributed by atoms with van der Waals surface area (Å²) in [7, 11) is 0. The highest BCUT2D eigenvalue weighted by Crippen LogP contribution is 2.20. The fourth-order valence-electron chi connectivity index (χ4n) is 1.57. The van der Waals surface area contributed by atoms with Crippen molar-refractivity contribution in [2.75, 3.05) is 30.3 Å². The van der Waals surface area contributed by atoms with Gasteiger partial charge >= 0.3 is 0 Å². The Hall–Kier alpha value is -1.36. The molecule has 1 unspecified atom stereocenters. The van der Waals surface area contributed by atoms with Gasteiger partial charge in [-0.3, -0.25) is 0 Å². The average Bonchev–Trinajstić information content (AvgIpc) is 2.39. The molecule has 0 aliphatic carbocycles. The van der Waals surface area contributed by atoms with Crippen molar-refractivity contribution in [1.29, 1.82) is 0 Å². The second-order valence-corrected chi connectivity index (χ2v) is 4.51. The highest BCUT2D eigenvalue weighted by Gasteiger charge is 2.10. The van der Waals surface area contributed by atoms with Gasteiger partial charge in [0.15, 0.2) is 0 Å². The van der Waals surface area contributed by atoms with Crippen LogP contribution in [0.4, 0.5) is 11.6 Å². The van der Waals surface area contributed by atoms with Gasteiger partial charge in [0.25, 0.3) is 0 Å². The Labute approximate surface area is 109 Å². The van der Waals surface area contributed by atoms with Crippen LogP contribution in [0.25, 0.3) is 0 Å². The van der Waals surface area contributed by atoms with E-state index in [9.17, 15) is 0 Å². The van der Waals surface area contributed by atoms with E-state index in [0.717, 1.165) is 36.0 Å². The number of aliphatic hydroxyl groups excluding tert-OH is 1. The van der Waals surface area contributed by atoms with Crippen LogP contribution in [0.2, 0.25) is 0 Å². The van der Waals surface area contributed by atoms with Gasteiger partial charge in [0.05, 0.1) is 0 Å². The molecule has 0 saturated carbocycles. The predicted molar refractivity (Wildman–Crippen MR) is 75.1 cm³/mol. The highest BCUT2D eigenvalue weighted by molar-refractivity contribution is 5.57. The fraction of sp³-hybridized carbons (Fsp3) is 0.692. The molecule has 0 saturated heterocycles. The molecule has 0 amide bonds. The van der Waals surface area contributed by atoms with Crippen molar-refractivity contribution in [3.8, 4) is 0 Å². The van der Waals surface area contributed by atoms with E-state index in [1.54, 1.807) is 0 Å². The maximum atomic E-state index is 9.04. The Bertz CT molecular complexity index is 381. The van der Waals surface area contributed by atoms with Crippen molar-refractivity contribution in [3.63, 3.8) is 0 Å². The van der Waals surface area contributed by atoms with Gasteiger partial charge in [-0.2, -0.15) is 0 Å². The molecule has 18 heavy (non-hydrogen) atoms. The summed E-state index contributed by atoms with van der Waals surface area (Å²) in [6, 6.07) is 0. The lowest BCUT2D eigenvalue weighted by molar-refractivity contribution is 0.244. The molecule has 102 valence electrons. The zero-order valence-corrected chi connectivity index (χ0v) is 11.7. The number of nitrogens with zero attached hydrogens (tertiary/aromatic N) is 2. The first-order chi connectivity index (χ1) is 8.62. The average molecular weight is 252 g/mol. The molecule has 5 heteroatoms. The minimum absolute atomic E-state index is 0.178. The van der Waals surface area contributed by atoms with E-state index in [0.29, 0.717) is 6.54 Å². The standard InChI is InChI=1S/C13H24N4O/c1-5-11-16-12(14-6-2)10(4)13(17-11)15-7-9(3)8-18/h9,18H,5-8H2,1-4H3,(H2,14,15,16,17). The molecular weight excluding hydrogens is 228 g/mol. The molecule has 1 aromatic heterocycles. The second kappa shape index (κ2) is 7.16. The van der Waals surface area contributed by atoms with Crippen molar-refractivity contribution in [2.24, 2.45) is 5.92 Å². The number of anilines is 2. The zero-order valence-electron chi connectivity index (χ0n) is 11.7. The molecule has 1 atom stereocenters. The lowest BCUT2D eigenvalue weighted by Gasteiger charge is -2.15. The highest BCUT2D eigenvalue weighted by atomic mass is 16.3. The number of rotatable bonds is 7. The van der Waals surface area contributed by atoms with E-state index in [4.69, 9.17) is 5.11 Å². The number of aromatic nitrogens is 2. The summed E-state index contributed by atoms with van der Waals surface area (Å²) >= 11 is 0. The Balaban J connectivity index is 2.90. The molecule has 0 spiro atoms. The Morgan fingerprint density at radius 2 is 1.78 bits per heavy atom. The van der Waals surface area contributed by atoms with Crippen LogP contribution in [0.5, 0.6) is 0 Å². The van der Waals surface area contributed by atoms with Gasteiger partial charge < -0.3 is 15.7 Å². The molecule has 1 aromatic rings. The molecule has 0 aliphatic rings. The van der Waals surface area contributed by atoms with Crippen molar-refractivity contribution >= 4 is 11.6 Å². The molecule has 0 radical (unpaired) electrons. The monoisotopic (exact) mass is 252 g/mol. The molecule has 5 nitrogen and oxygen atoms in total. The fourth-order valence-corrected chi connectivity index (χ4v) is 1.57. The van der Waals surface area contributed by atoms with Gasteiger partial charge in [0, 0.05) is 31.7 Å². The van der Waals surface area contributed by atoms with Crippen molar-refractivity contribution in [1.82, 2.24) is 9.97 Å². The van der Waals surface area contributed by atoms with Crippen LogP contribution in [-0.2, 0) is 6.42 Å². The first-order valence-electron chi connectivity index (χ1n) is 6.58. The number of nitrogens with one attached hydrogen (secondary N) is 2. The number of aliphatic hydroxyl groups is 1. The number of aryl methyl sites for hydroxylation is 1. The quantitative estimate of drug-likeness (QED) is 0.690. The molecule has 1 rings (SSSR count). The summed E-state index contributed by atoms with van der Waals surface area (Å²) in [6.45, 7) is 9.82. The molecular formula is C13H24N4O. The van der Waals surface area contributed by atoms with Crippen LogP contribution < -0.4 is 10.6 Å². The minimum Gasteiger partial charge on any atom is -0.396 e. The maximum absolute atomic E-state index is 9.04. The summed E-state index contributed by atoms with van der Waals surface area (Å²) in [5.74, 6) is 2.80. The van der Waals surface area contributed by atoms with Gasteiger partial charge in [-0.1, -0.05) is 13.8 Å². The first-order valence-corrected chi connectivity index (χ1v) is 6.58. The normalized spacial score (nSPS) is 12.3. The molecule has 0 fully saturated rings. The van der Waals surface area contributed by atoms with E-state index in [2.05, 4.69) is 20.6 Å². The van der Waals surface area contributed by atoms with Crippen molar-refractivity contribution in [2.45, 2.75) is 34.1 Å². The van der Waals surface area contributed by atoms with E-state index < -0.39 is 0 Å². The largest absolute Gasteiger partial charge is 0.396 e. The molecule has 1 heterocycles. The van der Waals surface area contributed by atoms with E-state index in [1.807, 2.05) is 27.7 Å². The van der Waals surface area contributed by atoms with Crippen molar-refractivity contribution < 1.29 is 5.11 Å². The lowest BCUT2D eigenvalue weighted by Crippen LogP contribution is -2.17. The summed E-state index contributed by atoms with van der Waals surface area (Å²) in [5.41, 5.74) is 1.03. The van der Waals surface area contributed by atoms with Crippen LogP contribution >= 0.6 is 0 Å². The van der Waals surface area contributed by atoms with Crippen molar-refractivity contribution in [3.05, 3.63) is 11.4 Å². The minimum atomic E-state index is 0.178. The topological polar surface area (TPSA) is 70.1 Å². The third kappa shape index (κ3) is 3.84. The zero-order chi connectivity index (χ0) is 13.5. The summed E-state index contributed by atoms with van der Waals surface area (Å²) in [6.07, 6.45) is 0.808. The summed E-state index contributed by atoms with van der Waals surface area (Å²) in [4.78, 5) is 8.97. The summed E-state index contributed by atoms with van der Waals surface area (Å²) in [5, 5.41) is 15.6. The molecule has 0 bridgehead atoms. The first kappa shape index (κ1) is 14.7. The van der Waals surface area contributed by atoms with Gasteiger partial charge in [-0.15, -0.1) is 0 Å². The van der Waals surface area contributed by atoms with Gasteiger partial charge in [0.1, 0.15) is 17.5 Å². The van der Waals surface area contributed by atoms with E-state index >= 15 is 0 Å². The van der Waals surface area contributed by atoms with Crippen LogP contribution in [0, 0.1) is 12.8 Å². The Kier molecular flexibility index (Phi) is 5.85. The third-order valence-corrected chi connectivity index (χ3v) is 2.78. The Morgan fingerprint density at radius 3 is 2.28 bits per heavy atom. The second-order valence-electron chi connectivity index (χ2n) is 4.51. The van der Waals surface area contributed by atoms with Gasteiger partial charge in [-0.05, 0) is 19.8 Å².